The lowest BCUT2D eigenvalue weighted by Crippen LogP contribution is -2.01. The van der Waals surface area contributed by atoms with Crippen molar-refractivity contribution in [2.45, 2.75) is 13.5 Å². The zero-order chi connectivity index (χ0) is 17.1. The number of rotatable bonds is 6. The van der Waals surface area contributed by atoms with Gasteiger partial charge in [0.1, 0.15) is 23.8 Å². The molecule has 2 aromatic heterocycles. The van der Waals surface area contributed by atoms with Crippen LogP contribution in [0.4, 0.5) is 5.69 Å². The Morgan fingerprint density at radius 1 is 1.38 bits per heavy atom. The van der Waals surface area contributed by atoms with Crippen LogP contribution >= 0.6 is 11.3 Å². The van der Waals surface area contributed by atoms with Crippen LogP contribution in [0.15, 0.2) is 40.1 Å². The van der Waals surface area contributed by atoms with Crippen LogP contribution in [0.3, 0.4) is 0 Å². The Balaban J connectivity index is 1.80. The minimum Gasteiger partial charge on any atom is -0.496 e. The van der Waals surface area contributed by atoms with Crippen LogP contribution in [-0.4, -0.2) is 17.0 Å². The van der Waals surface area contributed by atoms with Crippen molar-refractivity contribution in [2.75, 3.05) is 7.11 Å². The lowest BCUT2D eigenvalue weighted by atomic mass is 10.3. The van der Waals surface area contributed by atoms with Gasteiger partial charge in [-0.1, -0.05) is 6.07 Å². The molecule has 0 saturated carbocycles. The maximum atomic E-state index is 11.2. The van der Waals surface area contributed by atoms with Crippen LogP contribution in [0, 0.1) is 17.0 Å². The van der Waals surface area contributed by atoms with Gasteiger partial charge in [0.15, 0.2) is 5.75 Å². The zero-order valence-electron chi connectivity index (χ0n) is 13.0. The van der Waals surface area contributed by atoms with Crippen LogP contribution in [0.1, 0.15) is 11.5 Å². The molecule has 0 aliphatic rings. The highest BCUT2D eigenvalue weighted by molar-refractivity contribution is 7.13. The molecule has 3 rings (SSSR count). The monoisotopic (exact) mass is 346 g/mol. The van der Waals surface area contributed by atoms with E-state index in [2.05, 4.69) is 4.98 Å². The van der Waals surface area contributed by atoms with Crippen LogP contribution in [0.25, 0.3) is 10.8 Å². The summed E-state index contributed by atoms with van der Waals surface area (Å²) in [7, 11) is 1.45. The van der Waals surface area contributed by atoms with Gasteiger partial charge >= 0.3 is 5.69 Å². The van der Waals surface area contributed by atoms with Crippen LogP contribution in [0.5, 0.6) is 11.5 Å². The number of nitro benzene ring substituents is 1. The summed E-state index contributed by atoms with van der Waals surface area (Å²) in [4.78, 5) is 16.0. The summed E-state index contributed by atoms with van der Waals surface area (Å²) in [6, 6.07) is 8.26. The number of methoxy groups -OCH3 is 1. The minimum absolute atomic E-state index is 0.0773. The molecule has 0 amide bonds. The Morgan fingerprint density at radius 2 is 2.21 bits per heavy atom. The lowest BCUT2D eigenvalue weighted by molar-refractivity contribution is -0.386. The number of nitrogens with zero attached hydrogens (tertiary/aromatic N) is 2. The number of thiophene rings is 1. The summed E-state index contributed by atoms with van der Waals surface area (Å²) in [6.07, 6.45) is 0. The van der Waals surface area contributed by atoms with Gasteiger partial charge in [-0.3, -0.25) is 10.1 Å². The second kappa shape index (κ2) is 6.71. The minimum atomic E-state index is -0.509. The van der Waals surface area contributed by atoms with E-state index in [9.17, 15) is 10.1 Å². The highest BCUT2D eigenvalue weighted by Crippen LogP contribution is 2.32. The average molecular weight is 346 g/mol. The van der Waals surface area contributed by atoms with Gasteiger partial charge < -0.3 is 13.9 Å². The molecule has 0 N–H and O–H groups in total. The predicted octanol–water partition coefficient (Wildman–Crippen LogP) is 4.21. The number of nitro groups is 1. The third-order valence-electron chi connectivity index (χ3n) is 3.35. The van der Waals surface area contributed by atoms with Gasteiger partial charge in [-0.15, -0.1) is 11.3 Å². The smallest absolute Gasteiger partial charge is 0.314 e. The molecule has 0 aliphatic heterocycles. The van der Waals surface area contributed by atoms with Gasteiger partial charge in [-0.25, -0.2) is 4.98 Å². The van der Waals surface area contributed by atoms with Crippen molar-refractivity contribution in [2.24, 2.45) is 0 Å². The molecule has 0 fully saturated rings. The lowest BCUT2D eigenvalue weighted by Gasteiger charge is -2.07. The van der Waals surface area contributed by atoms with Gasteiger partial charge in [-0.05, 0) is 30.5 Å². The first kappa shape index (κ1) is 16.0. The molecule has 7 nitrogen and oxygen atoms in total. The molecule has 24 heavy (non-hydrogen) atoms. The molecule has 2 heterocycles. The molecule has 0 saturated heterocycles. The molecule has 0 bridgehead atoms. The van der Waals surface area contributed by atoms with E-state index >= 15 is 0 Å². The summed E-state index contributed by atoms with van der Waals surface area (Å²) in [5.41, 5.74) is 0.442. The summed E-state index contributed by atoms with van der Waals surface area (Å²) in [6.45, 7) is 1.86. The molecule has 0 atom stereocenters. The number of benzene rings is 1. The Hall–Kier alpha value is -2.87. The first-order chi connectivity index (χ1) is 11.6. The van der Waals surface area contributed by atoms with Crippen LogP contribution in [0.2, 0.25) is 0 Å². The summed E-state index contributed by atoms with van der Waals surface area (Å²) < 4.78 is 16.2. The second-order valence-corrected chi connectivity index (χ2v) is 5.83. The summed E-state index contributed by atoms with van der Waals surface area (Å²) in [5, 5.41) is 13.1. The van der Waals surface area contributed by atoms with Gasteiger partial charge in [0.2, 0.25) is 5.89 Å². The van der Waals surface area contributed by atoms with Crippen molar-refractivity contribution in [3.05, 3.63) is 57.3 Å². The second-order valence-electron chi connectivity index (χ2n) is 4.88. The quantitative estimate of drug-likeness (QED) is 0.491. The van der Waals surface area contributed by atoms with Crippen LogP contribution < -0.4 is 9.47 Å². The first-order valence-corrected chi connectivity index (χ1v) is 7.92. The maximum absolute atomic E-state index is 11.2. The number of hydrogen-bond acceptors (Lipinski definition) is 7. The fraction of sp³-hybridized carbons (Fsp3) is 0.188. The van der Waals surface area contributed by atoms with Crippen molar-refractivity contribution >= 4 is 17.0 Å². The van der Waals surface area contributed by atoms with Crippen molar-refractivity contribution in [3.8, 4) is 22.3 Å². The molecule has 0 radical (unpaired) electrons. The topological polar surface area (TPSA) is 87.6 Å². The molecule has 0 unspecified atom stereocenters. The standard InChI is InChI=1S/C16H14N2O5S/c1-10-12(17-16(23-10)15-4-3-7-24-15)9-22-14-6-5-11(21-2)8-13(14)18(19)20/h3-8H,9H2,1-2H3. The van der Waals surface area contributed by atoms with Crippen molar-refractivity contribution in [1.82, 2.24) is 4.98 Å². The fourth-order valence-electron chi connectivity index (χ4n) is 2.10. The van der Waals surface area contributed by atoms with E-state index < -0.39 is 4.92 Å². The molecule has 0 aliphatic carbocycles. The van der Waals surface area contributed by atoms with E-state index in [1.54, 1.807) is 13.0 Å². The van der Waals surface area contributed by atoms with E-state index in [1.165, 1.54) is 30.6 Å². The summed E-state index contributed by atoms with van der Waals surface area (Å²) in [5.74, 6) is 1.69. The van der Waals surface area contributed by atoms with Crippen molar-refractivity contribution in [3.63, 3.8) is 0 Å². The van der Waals surface area contributed by atoms with E-state index in [1.807, 2.05) is 17.5 Å². The van der Waals surface area contributed by atoms with Gasteiger partial charge in [-0.2, -0.15) is 0 Å². The molecule has 8 heteroatoms. The molecular weight excluding hydrogens is 332 g/mol. The average Bonchev–Trinajstić information content (AvgIpc) is 3.22. The maximum Gasteiger partial charge on any atom is 0.314 e. The number of ether oxygens (including phenoxy) is 2. The molecule has 0 spiro atoms. The predicted molar refractivity (Wildman–Crippen MR) is 88.5 cm³/mol. The number of hydrogen-bond donors (Lipinski definition) is 0. The summed E-state index contributed by atoms with van der Waals surface area (Å²) >= 11 is 1.52. The number of aryl methyl sites for hydroxylation is 1. The van der Waals surface area contributed by atoms with Crippen molar-refractivity contribution < 1.29 is 18.8 Å². The van der Waals surface area contributed by atoms with Gasteiger partial charge in [0, 0.05) is 0 Å². The number of aromatic nitrogens is 1. The first-order valence-electron chi connectivity index (χ1n) is 7.04. The zero-order valence-corrected chi connectivity index (χ0v) is 13.8. The highest BCUT2D eigenvalue weighted by Gasteiger charge is 2.18. The Morgan fingerprint density at radius 3 is 2.88 bits per heavy atom. The SMILES string of the molecule is COc1ccc(OCc2nc(-c3cccs3)oc2C)c([N+](=O)[O-])c1. The van der Waals surface area contributed by atoms with Gasteiger partial charge in [0.25, 0.3) is 0 Å². The Kier molecular flexibility index (Phi) is 4.48. The van der Waals surface area contributed by atoms with E-state index in [0.29, 0.717) is 23.1 Å². The molecule has 1 aromatic carbocycles. The van der Waals surface area contributed by atoms with E-state index in [0.717, 1.165) is 4.88 Å². The molecule has 3 aromatic rings. The molecule has 124 valence electrons. The normalized spacial score (nSPS) is 10.6. The van der Waals surface area contributed by atoms with E-state index in [4.69, 9.17) is 13.9 Å². The highest BCUT2D eigenvalue weighted by atomic mass is 32.1. The third kappa shape index (κ3) is 3.23. The Bertz CT molecular complexity index is 857. The largest absolute Gasteiger partial charge is 0.496 e. The fourth-order valence-corrected chi connectivity index (χ4v) is 2.75. The number of oxazole rings is 1. The van der Waals surface area contributed by atoms with Crippen LogP contribution in [-0.2, 0) is 6.61 Å². The van der Waals surface area contributed by atoms with Gasteiger partial charge in [0.05, 0.1) is 23.0 Å². The molecular formula is C16H14N2O5S. The van der Waals surface area contributed by atoms with E-state index in [-0.39, 0.29) is 18.0 Å². The third-order valence-corrected chi connectivity index (χ3v) is 4.21. The van der Waals surface area contributed by atoms with Crippen molar-refractivity contribution in [1.29, 1.82) is 0 Å². The Labute approximate surface area is 141 Å².